The summed E-state index contributed by atoms with van der Waals surface area (Å²) in [7, 11) is 0. The molecule has 0 saturated carbocycles. The van der Waals surface area contributed by atoms with Gasteiger partial charge in [-0.05, 0) is 40.2 Å². The lowest BCUT2D eigenvalue weighted by Gasteiger charge is -2.14. The standard InChI is InChI=1S/C17H10BrCl2F3N6O3/c18-9-5-7(19)4-8(15(30)26-28-32)13(9)25-16(31)11-6-12(17(21,22)23)27-29(11)14-10(20)2-1-3-24-14/h1-6,28,32H,(H,25,31)(H,26,30). The van der Waals surface area contributed by atoms with Gasteiger partial charge in [-0.3, -0.25) is 20.2 Å². The molecule has 3 rings (SSSR count). The molecular formula is C17H10BrCl2F3N6O3. The third-order valence-corrected chi connectivity index (χ3v) is 5.02. The van der Waals surface area contributed by atoms with Gasteiger partial charge >= 0.3 is 6.18 Å². The Kier molecular flexibility index (Phi) is 7.05. The van der Waals surface area contributed by atoms with Crippen LogP contribution in [0, 0.1) is 0 Å². The second-order valence-electron chi connectivity index (χ2n) is 5.96. The number of carbonyl (C=O) groups is 2. The Morgan fingerprint density at radius 2 is 1.88 bits per heavy atom. The first-order valence-electron chi connectivity index (χ1n) is 8.31. The van der Waals surface area contributed by atoms with E-state index in [0.29, 0.717) is 10.7 Å². The third kappa shape index (κ3) is 5.02. The van der Waals surface area contributed by atoms with Gasteiger partial charge in [-0.15, -0.1) is 5.59 Å². The van der Waals surface area contributed by atoms with Crippen LogP contribution in [0.5, 0.6) is 0 Å². The Labute approximate surface area is 195 Å². The number of nitrogens with zero attached hydrogens (tertiary/aromatic N) is 3. The van der Waals surface area contributed by atoms with Crippen molar-refractivity contribution in [1.82, 2.24) is 25.8 Å². The number of hydrogen-bond donors (Lipinski definition) is 4. The number of aromatic nitrogens is 3. The van der Waals surface area contributed by atoms with E-state index in [1.165, 1.54) is 36.1 Å². The highest BCUT2D eigenvalue weighted by atomic mass is 79.9. The first kappa shape index (κ1) is 23.9. The molecule has 2 heterocycles. The van der Waals surface area contributed by atoms with Crippen molar-refractivity contribution in [2.45, 2.75) is 6.18 Å². The molecule has 0 aliphatic rings. The molecule has 0 saturated heterocycles. The van der Waals surface area contributed by atoms with Crippen molar-refractivity contribution < 1.29 is 28.0 Å². The van der Waals surface area contributed by atoms with Crippen LogP contribution in [0.25, 0.3) is 5.82 Å². The number of halogens is 6. The van der Waals surface area contributed by atoms with E-state index in [4.69, 9.17) is 28.4 Å². The van der Waals surface area contributed by atoms with Gasteiger partial charge < -0.3 is 5.32 Å². The first-order valence-corrected chi connectivity index (χ1v) is 9.85. The number of hydrogen-bond acceptors (Lipinski definition) is 6. The van der Waals surface area contributed by atoms with Gasteiger partial charge in [0.05, 0.1) is 16.3 Å². The Hall–Kier alpha value is -2.71. The van der Waals surface area contributed by atoms with E-state index in [-0.39, 0.29) is 31.6 Å². The summed E-state index contributed by atoms with van der Waals surface area (Å²) in [6, 6.07) is 5.83. The maximum atomic E-state index is 13.3. The summed E-state index contributed by atoms with van der Waals surface area (Å²) in [5.41, 5.74) is 1.05. The molecule has 15 heteroatoms. The second kappa shape index (κ2) is 9.42. The zero-order chi connectivity index (χ0) is 23.6. The Balaban J connectivity index is 2.11. The summed E-state index contributed by atoms with van der Waals surface area (Å²) in [6.07, 6.45) is -3.60. The zero-order valence-corrected chi connectivity index (χ0v) is 18.4. The minimum absolute atomic E-state index is 0.0554. The van der Waals surface area contributed by atoms with Crippen molar-refractivity contribution in [2.75, 3.05) is 5.32 Å². The molecule has 168 valence electrons. The van der Waals surface area contributed by atoms with Gasteiger partial charge in [0.2, 0.25) is 0 Å². The summed E-state index contributed by atoms with van der Waals surface area (Å²) in [4.78, 5) is 29.1. The van der Waals surface area contributed by atoms with E-state index >= 15 is 0 Å². The monoisotopic (exact) mass is 552 g/mol. The summed E-state index contributed by atoms with van der Waals surface area (Å²) >= 11 is 15.1. The fourth-order valence-corrected chi connectivity index (χ4v) is 3.66. The molecule has 32 heavy (non-hydrogen) atoms. The van der Waals surface area contributed by atoms with Gasteiger partial charge in [-0.25, -0.2) is 9.67 Å². The van der Waals surface area contributed by atoms with Crippen molar-refractivity contribution in [3.8, 4) is 5.82 Å². The van der Waals surface area contributed by atoms with Crippen LogP contribution in [0.3, 0.4) is 0 Å². The average Bonchev–Trinajstić information content (AvgIpc) is 3.16. The van der Waals surface area contributed by atoms with Crippen molar-refractivity contribution >= 4 is 56.6 Å². The fourth-order valence-electron chi connectivity index (χ4n) is 2.55. The molecule has 1 aromatic carbocycles. The Bertz CT molecular complexity index is 1200. The van der Waals surface area contributed by atoms with Crippen LogP contribution in [0.1, 0.15) is 26.5 Å². The topological polar surface area (TPSA) is 121 Å². The molecule has 0 bridgehead atoms. The van der Waals surface area contributed by atoms with Crippen LogP contribution < -0.4 is 16.3 Å². The molecular weight excluding hydrogens is 544 g/mol. The quantitative estimate of drug-likeness (QED) is 0.351. The summed E-state index contributed by atoms with van der Waals surface area (Å²) < 4.78 is 40.6. The molecule has 0 atom stereocenters. The molecule has 0 aliphatic heterocycles. The van der Waals surface area contributed by atoms with Gasteiger partial charge in [-0.2, -0.15) is 18.3 Å². The summed E-state index contributed by atoms with van der Waals surface area (Å²) in [5, 5.41) is 14.5. The number of nitrogens with one attached hydrogen (secondary N) is 3. The first-order chi connectivity index (χ1) is 15.0. The number of amides is 2. The van der Waals surface area contributed by atoms with Crippen molar-refractivity contribution in [2.24, 2.45) is 0 Å². The number of alkyl halides is 3. The maximum Gasteiger partial charge on any atom is 0.435 e. The van der Waals surface area contributed by atoms with E-state index < -0.39 is 29.4 Å². The van der Waals surface area contributed by atoms with E-state index in [1.807, 2.05) is 5.43 Å². The lowest BCUT2D eigenvalue weighted by atomic mass is 10.1. The molecule has 0 aliphatic carbocycles. The van der Waals surface area contributed by atoms with Crippen LogP contribution in [0.4, 0.5) is 18.9 Å². The number of benzene rings is 1. The SMILES string of the molecule is O=C(NNO)c1cc(Cl)cc(Br)c1NC(=O)c1cc(C(F)(F)F)nn1-c1ncccc1Cl. The van der Waals surface area contributed by atoms with Gasteiger partial charge in [0.25, 0.3) is 11.8 Å². The third-order valence-electron chi connectivity index (χ3n) is 3.88. The lowest BCUT2D eigenvalue weighted by molar-refractivity contribution is -0.141. The molecule has 2 aromatic heterocycles. The Morgan fingerprint density at radius 1 is 1.16 bits per heavy atom. The Morgan fingerprint density at radius 3 is 2.50 bits per heavy atom. The number of rotatable bonds is 5. The molecule has 0 unspecified atom stereocenters. The molecule has 3 aromatic rings. The molecule has 4 N–H and O–H groups in total. The lowest BCUT2D eigenvalue weighted by Crippen LogP contribution is -2.35. The summed E-state index contributed by atoms with van der Waals surface area (Å²) in [6.45, 7) is 0. The van der Waals surface area contributed by atoms with E-state index in [2.05, 4.69) is 31.3 Å². The van der Waals surface area contributed by atoms with Crippen LogP contribution >= 0.6 is 39.1 Å². The minimum atomic E-state index is -4.86. The van der Waals surface area contributed by atoms with Gasteiger partial charge in [0.15, 0.2) is 11.5 Å². The largest absolute Gasteiger partial charge is 0.435 e. The molecule has 2 amide bonds. The molecule has 0 fully saturated rings. The smallest absolute Gasteiger partial charge is 0.319 e. The minimum Gasteiger partial charge on any atom is -0.319 e. The number of anilines is 1. The average molecular weight is 554 g/mol. The highest BCUT2D eigenvalue weighted by Crippen LogP contribution is 2.33. The van der Waals surface area contributed by atoms with Gasteiger partial charge in [0, 0.05) is 21.8 Å². The summed E-state index contributed by atoms with van der Waals surface area (Å²) in [5.74, 6) is -2.18. The number of hydrazine groups is 1. The number of carbonyl (C=O) groups excluding carboxylic acids is 2. The van der Waals surface area contributed by atoms with Crippen molar-refractivity contribution in [3.63, 3.8) is 0 Å². The van der Waals surface area contributed by atoms with Crippen LogP contribution in [0.15, 0.2) is 41.0 Å². The molecule has 0 radical (unpaired) electrons. The van der Waals surface area contributed by atoms with Gasteiger partial charge in [0.1, 0.15) is 5.69 Å². The van der Waals surface area contributed by atoms with Crippen molar-refractivity contribution in [3.05, 3.63) is 68.0 Å². The van der Waals surface area contributed by atoms with Crippen LogP contribution in [0.2, 0.25) is 10.0 Å². The second-order valence-corrected chi connectivity index (χ2v) is 7.66. The van der Waals surface area contributed by atoms with E-state index in [0.717, 1.165) is 0 Å². The molecule has 0 spiro atoms. The van der Waals surface area contributed by atoms with E-state index in [9.17, 15) is 22.8 Å². The highest BCUT2D eigenvalue weighted by Gasteiger charge is 2.37. The number of pyridine rings is 1. The predicted molar refractivity (Wildman–Crippen MR) is 111 cm³/mol. The predicted octanol–water partition coefficient (Wildman–Crippen LogP) is 4.23. The van der Waals surface area contributed by atoms with Crippen LogP contribution in [-0.2, 0) is 6.18 Å². The van der Waals surface area contributed by atoms with Crippen molar-refractivity contribution in [1.29, 1.82) is 0 Å². The fraction of sp³-hybridized carbons (Fsp3) is 0.0588. The highest BCUT2D eigenvalue weighted by molar-refractivity contribution is 9.10. The molecule has 9 nitrogen and oxygen atoms in total. The van der Waals surface area contributed by atoms with E-state index in [1.54, 1.807) is 0 Å². The van der Waals surface area contributed by atoms with Gasteiger partial charge in [-0.1, -0.05) is 23.2 Å². The maximum absolute atomic E-state index is 13.3. The zero-order valence-electron chi connectivity index (χ0n) is 15.3. The van der Waals surface area contributed by atoms with Crippen LogP contribution in [-0.4, -0.2) is 31.8 Å². The normalized spacial score (nSPS) is 11.3.